The summed E-state index contributed by atoms with van der Waals surface area (Å²) in [5.41, 5.74) is 7.23. The largest absolute Gasteiger partial charge is 0.462 e. The fourth-order valence-electron chi connectivity index (χ4n) is 5.58. The van der Waals surface area contributed by atoms with E-state index in [1.807, 2.05) is 13.8 Å². The number of para-hydroxylation sites is 1. The molecule has 5 rings (SSSR count). The summed E-state index contributed by atoms with van der Waals surface area (Å²) in [4.78, 5) is 43.1. The second-order valence-electron chi connectivity index (χ2n) is 9.80. The van der Waals surface area contributed by atoms with Crippen molar-refractivity contribution in [3.8, 4) is 0 Å². The van der Waals surface area contributed by atoms with E-state index in [9.17, 15) is 14.4 Å². The first kappa shape index (κ1) is 23.2. The lowest BCUT2D eigenvalue weighted by molar-refractivity contribution is -0.140. The molecule has 0 fully saturated rings. The first-order valence-corrected chi connectivity index (χ1v) is 11.9. The molecule has 3 N–H and O–H groups in total. The summed E-state index contributed by atoms with van der Waals surface area (Å²) < 4.78 is 5.42. The summed E-state index contributed by atoms with van der Waals surface area (Å²) >= 11 is 6.13. The monoisotopic (exact) mass is 491 g/mol. The highest BCUT2D eigenvalue weighted by Gasteiger charge is 2.62. The Kier molecular flexibility index (Phi) is 5.29. The molecular formula is C27H26ClN3O4. The Morgan fingerprint density at radius 1 is 1.11 bits per heavy atom. The highest BCUT2D eigenvalue weighted by atomic mass is 35.5. The molecule has 0 bridgehead atoms. The third kappa shape index (κ3) is 3.29. The van der Waals surface area contributed by atoms with E-state index >= 15 is 0 Å². The van der Waals surface area contributed by atoms with Gasteiger partial charge >= 0.3 is 5.97 Å². The van der Waals surface area contributed by atoms with Gasteiger partial charge in [0.15, 0.2) is 5.78 Å². The molecule has 2 aromatic rings. The molecule has 7 nitrogen and oxygen atoms in total. The number of Topliss-reactive ketones (excluding diaryl/α,β-unsaturated/α-hetero) is 1. The molecule has 1 aliphatic carbocycles. The first-order valence-electron chi connectivity index (χ1n) is 11.5. The molecule has 3 aliphatic rings. The number of fused-ring (bicyclic) bond motifs is 3. The van der Waals surface area contributed by atoms with Crippen LogP contribution in [0.5, 0.6) is 0 Å². The maximum Gasteiger partial charge on any atom is 0.339 e. The fraction of sp³-hybridized carbons (Fsp3) is 0.296. The number of ether oxygens (including phenoxy) is 1. The second kappa shape index (κ2) is 7.99. The van der Waals surface area contributed by atoms with Crippen LogP contribution in [-0.4, -0.2) is 24.3 Å². The van der Waals surface area contributed by atoms with Crippen molar-refractivity contribution in [2.45, 2.75) is 39.0 Å². The molecule has 1 amide bonds. The minimum atomic E-state index is -1.70. The molecule has 0 radical (unpaired) electrons. The average Bonchev–Trinajstić information content (AvgIpc) is 3.06. The number of esters is 1. The minimum absolute atomic E-state index is 0.0523. The molecule has 35 heavy (non-hydrogen) atoms. The van der Waals surface area contributed by atoms with Crippen LogP contribution in [-0.2, 0) is 24.5 Å². The van der Waals surface area contributed by atoms with E-state index in [0.29, 0.717) is 34.1 Å². The zero-order chi connectivity index (χ0) is 25.1. The molecular weight excluding hydrogens is 466 g/mol. The Morgan fingerprint density at radius 2 is 1.80 bits per heavy atom. The number of allylic oxidation sites excluding steroid dienone is 1. The second-order valence-corrected chi connectivity index (χ2v) is 10.2. The van der Waals surface area contributed by atoms with Gasteiger partial charge in [0.2, 0.25) is 5.91 Å². The Hall–Kier alpha value is -3.58. The Morgan fingerprint density at radius 3 is 2.49 bits per heavy atom. The SMILES string of the molecule is CCOC(=O)C1=C(N)N(c2ccc(Cl)cc2)C2=C(C(=O)CC(C)(C)C2)C12C(=O)Nc1ccccc12. The number of carbonyl (C=O) groups excluding carboxylic acids is 3. The van der Waals surface area contributed by atoms with Gasteiger partial charge < -0.3 is 15.8 Å². The van der Waals surface area contributed by atoms with Crippen LogP contribution in [0.25, 0.3) is 0 Å². The zero-order valence-electron chi connectivity index (χ0n) is 19.8. The topological polar surface area (TPSA) is 102 Å². The number of benzene rings is 2. The maximum absolute atomic E-state index is 13.9. The van der Waals surface area contributed by atoms with Crippen LogP contribution >= 0.6 is 11.6 Å². The molecule has 2 aromatic carbocycles. The number of rotatable bonds is 3. The van der Waals surface area contributed by atoms with Crippen LogP contribution in [0.2, 0.25) is 5.02 Å². The van der Waals surface area contributed by atoms with Gasteiger partial charge in [-0.2, -0.15) is 0 Å². The number of nitrogens with one attached hydrogen (secondary N) is 1. The quantitative estimate of drug-likeness (QED) is 0.616. The van der Waals surface area contributed by atoms with Gasteiger partial charge in [-0.25, -0.2) is 4.79 Å². The van der Waals surface area contributed by atoms with Crippen molar-refractivity contribution >= 4 is 40.6 Å². The predicted octanol–water partition coefficient (Wildman–Crippen LogP) is 4.43. The van der Waals surface area contributed by atoms with Gasteiger partial charge in [-0.3, -0.25) is 14.5 Å². The molecule has 180 valence electrons. The molecule has 1 unspecified atom stereocenters. The summed E-state index contributed by atoms with van der Waals surface area (Å²) in [5, 5.41) is 3.42. The van der Waals surface area contributed by atoms with Crippen molar-refractivity contribution in [1.29, 1.82) is 0 Å². The van der Waals surface area contributed by atoms with Crippen LogP contribution in [0.3, 0.4) is 0 Å². The summed E-state index contributed by atoms with van der Waals surface area (Å²) in [5.74, 6) is -1.36. The van der Waals surface area contributed by atoms with Gasteiger partial charge in [0, 0.05) is 39.7 Å². The Bertz CT molecular complexity index is 1340. The Labute approximate surface area is 208 Å². The highest BCUT2D eigenvalue weighted by molar-refractivity contribution is 6.30. The van der Waals surface area contributed by atoms with Crippen molar-refractivity contribution in [2.75, 3.05) is 16.8 Å². The molecule has 0 aromatic heterocycles. The zero-order valence-corrected chi connectivity index (χ0v) is 20.5. The van der Waals surface area contributed by atoms with Crippen LogP contribution in [0.15, 0.2) is 71.2 Å². The molecule has 1 atom stereocenters. The van der Waals surface area contributed by atoms with E-state index in [-0.39, 0.29) is 41.2 Å². The van der Waals surface area contributed by atoms with Crippen molar-refractivity contribution < 1.29 is 19.1 Å². The van der Waals surface area contributed by atoms with Gasteiger partial charge in [-0.1, -0.05) is 43.6 Å². The van der Waals surface area contributed by atoms with Gasteiger partial charge in [-0.05, 0) is 49.1 Å². The molecule has 2 heterocycles. The molecule has 0 saturated heterocycles. The number of nitrogens with zero attached hydrogens (tertiary/aromatic N) is 1. The van der Waals surface area contributed by atoms with E-state index in [1.165, 1.54) is 0 Å². The number of ketones is 1. The molecule has 8 heteroatoms. The summed E-state index contributed by atoms with van der Waals surface area (Å²) in [6, 6.07) is 14.1. The van der Waals surface area contributed by atoms with E-state index in [2.05, 4.69) is 5.32 Å². The molecule has 1 spiro atoms. The van der Waals surface area contributed by atoms with E-state index in [1.54, 1.807) is 60.4 Å². The smallest absolute Gasteiger partial charge is 0.339 e. The number of hydrogen-bond acceptors (Lipinski definition) is 6. The van der Waals surface area contributed by atoms with Gasteiger partial charge in [0.1, 0.15) is 16.8 Å². The lowest BCUT2D eigenvalue weighted by Gasteiger charge is -2.47. The number of hydrogen-bond donors (Lipinski definition) is 2. The molecule has 0 saturated carbocycles. The third-order valence-electron chi connectivity index (χ3n) is 6.85. The van der Waals surface area contributed by atoms with Crippen molar-refractivity contribution in [3.05, 3.63) is 81.8 Å². The first-order chi connectivity index (χ1) is 16.6. The number of halogens is 1. The van der Waals surface area contributed by atoms with E-state index in [4.69, 9.17) is 22.1 Å². The number of nitrogens with two attached hydrogens (primary N) is 1. The fourth-order valence-corrected chi connectivity index (χ4v) is 5.70. The summed E-state index contributed by atoms with van der Waals surface area (Å²) in [7, 11) is 0. The van der Waals surface area contributed by atoms with Gasteiger partial charge in [-0.15, -0.1) is 0 Å². The average molecular weight is 492 g/mol. The normalized spacial score (nSPS) is 22.8. The standard InChI is InChI=1S/C27H26ClN3O4/c1-4-35-24(33)22-23(29)31(16-11-9-15(28)10-12-16)19-13-26(2,3)14-20(32)21(19)27(22)17-7-5-6-8-18(17)30-25(27)34/h5-12H,4,13-14,29H2,1-3H3,(H,30,34). The molecule has 2 aliphatic heterocycles. The third-order valence-corrected chi connectivity index (χ3v) is 7.11. The summed E-state index contributed by atoms with van der Waals surface area (Å²) in [6.45, 7) is 5.78. The van der Waals surface area contributed by atoms with Gasteiger partial charge in [0.25, 0.3) is 0 Å². The minimum Gasteiger partial charge on any atom is -0.462 e. The number of amides is 1. The maximum atomic E-state index is 13.9. The van der Waals surface area contributed by atoms with Crippen molar-refractivity contribution in [1.82, 2.24) is 0 Å². The predicted molar refractivity (Wildman–Crippen MR) is 134 cm³/mol. The van der Waals surface area contributed by atoms with Crippen molar-refractivity contribution in [2.24, 2.45) is 11.1 Å². The van der Waals surface area contributed by atoms with Crippen molar-refractivity contribution in [3.63, 3.8) is 0 Å². The summed E-state index contributed by atoms with van der Waals surface area (Å²) in [6.07, 6.45) is 0.707. The van der Waals surface area contributed by atoms with Crippen LogP contribution in [0, 0.1) is 5.41 Å². The number of anilines is 2. The van der Waals surface area contributed by atoms with E-state index < -0.39 is 17.3 Å². The van der Waals surface area contributed by atoms with Crippen LogP contribution < -0.4 is 16.0 Å². The van der Waals surface area contributed by atoms with Crippen LogP contribution in [0.4, 0.5) is 11.4 Å². The number of carbonyl (C=O) groups is 3. The van der Waals surface area contributed by atoms with Crippen LogP contribution in [0.1, 0.15) is 39.2 Å². The lowest BCUT2D eigenvalue weighted by atomic mass is 9.60. The van der Waals surface area contributed by atoms with E-state index in [0.717, 1.165) is 0 Å². The lowest BCUT2D eigenvalue weighted by Crippen LogP contribution is -2.54. The highest BCUT2D eigenvalue weighted by Crippen LogP contribution is 2.57. The van der Waals surface area contributed by atoms with Gasteiger partial charge in [0.05, 0.1) is 6.61 Å². The Balaban J connectivity index is 1.91.